The third-order valence-corrected chi connectivity index (χ3v) is 4.24. The van der Waals surface area contributed by atoms with Crippen molar-refractivity contribution in [3.63, 3.8) is 0 Å². The van der Waals surface area contributed by atoms with Crippen molar-refractivity contribution in [1.29, 1.82) is 0 Å². The molecular formula is C21H20N4O+2. The fourth-order valence-corrected chi connectivity index (χ4v) is 2.92. The summed E-state index contributed by atoms with van der Waals surface area (Å²) in [5, 5.41) is 0. The van der Waals surface area contributed by atoms with Gasteiger partial charge in [-0.1, -0.05) is 60.7 Å². The molecule has 0 unspecified atom stereocenters. The van der Waals surface area contributed by atoms with E-state index >= 15 is 0 Å². The second-order valence-electron chi connectivity index (χ2n) is 6.24. The lowest BCUT2D eigenvalue weighted by Crippen LogP contribution is -2.33. The SMILES string of the molecule is O=C(n1cc[n+](Cc2ccccc2)c1)n1cc[n+](Cc2ccccc2)c1. The number of nitrogens with zero attached hydrogens (tertiary/aromatic N) is 4. The number of carbonyl (C=O) groups is 1. The van der Waals surface area contributed by atoms with Gasteiger partial charge < -0.3 is 0 Å². The minimum Gasteiger partial charge on any atom is -0.232 e. The van der Waals surface area contributed by atoms with Crippen LogP contribution in [-0.2, 0) is 13.1 Å². The molecule has 26 heavy (non-hydrogen) atoms. The highest BCUT2D eigenvalue weighted by Crippen LogP contribution is 2.00. The summed E-state index contributed by atoms with van der Waals surface area (Å²) in [4.78, 5) is 12.7. The molecule has 0 aliphatic rings. The predicted octanol–water partition coefficient (Wildman–Crippen LogP) is 2.48. The van der Waals surface area contributed by atoms with Crippen LogP contribution >= 0.6 is 0 Å². The van der Waals surface area contributed by atoms with Gasteiger partial charge in [0.15, 0.2) is 0 Å². The molecule has 2 heterocycles. The van der Waals surface area contributed by atoms with E-state index in [2.05, 4.69) is 24.3 Å². The molecule has 0 fully saturated rings. The summed E-state index contributed by atoms with van der Waals surface area (Å²) < 4.78 is 7.18. The Bertz CT molecular complexity index is 921. The fourth-order valence-electron chi connectivity index (χ4n) is 2.92. The Morgan fingerprint density at radius 1 is 0.692 bits per heavy atom. The summed E-state index contributed by atoms with van der Waals surface area (Å²) in [6.07, 6.45) is 11.0. The maximum atomic E-state index is 12.7. The number of rotatable bonds is 4. The van der Waals surface area contributed by atoms with Gasteiger partial charge in [0.2, 0.25) is 0 Å². The van der Waals surface area contributed by atoms with Gasteiger partial charge in [-0.25, -0.2) is 9.13 Å². The molecule has 5 nitrogen and oxygen atoms in total. The van der Waals surface area contributed by atoms with Crippen molar-refractivity contribution in [3.05, 3.63) is 109 Å². The van der Waals surface area contributed by atoms with Crippen LogP contribution < -0.4 is 9.13 Å². The van der Waals surface area contributed by atoms with Crippen LogP contribution in [0.3, 0.4) is 0 Å². The van der Waals surface area contributed by atoms with Crippen molar-refractivity contribution in [3.8, 4) is 0 Å². The van der Waals surface area contributed by atoms with E-state index in [1.54, 1.807) is 21.5 Å². The molecule has 128 valence electrons. The van der Waals surface area contributed by atoms with Crippen molar-refractivity contribution in [1.82, 2.24) is 9.13 Å². The summed E-state index contributed by atoms with van der Waals surface area (Å²) in [7, 11) is 0. The molecule has 2 aromatic carbocycles. The molecule has 0 radical (unpaired) electrons. The van der Waals surface area contributed by atoms with E-state index < -0.39 is 0 Å². The van der Waals surface area contributed by atoms with E-state index in [1.807, 2.05) is 70.6 Å². The number of imidazole rings is 2. The van der Waals surface area contributed by atoms with Crippen LogP contribution in [-0.4, -0.2) is 15.2 Å². The van der Waals surface area contributed by atoms with Crippen molar-refractivity contribution in [2.45, 2.75) is 13.1 Å². The molecule has 0 saturated carbocycles. The average molecular weight is 344 g/mol. The first kappa shape index (κ1) is 16.0. The summed E-state index contributed by atoms with van der Waals surface area (Å²) in [5.41, 5.74) is 2.40. The molecule has 5 heteroatoms. The van der Waals surface area contributed by atoms with E-state index in [4.69, 9.17) is 0 Å². The highest BCUT2D eigenvalue weighted by molar-refractivity contribution is 5.78. The molecular weight excluding hydrogens is 324 g/mol. The smallest absolute Gasteiger partial charge is 0.232 e. The lowest BCUT2D eigenvalue weighted by atomic mass is 10.2. The zero-order valence-electron chi connectivity index (χ0n) is 14.3. The molecule has 0 N–H and O–H groups in total. The Labute approximate surface area is 152 Å². The Hall–Kier alpha value is -3.47. The normalized spacial score (nSPS) is 10.8. The van der Waals surface area contributed by atoms with Crippen LogP contribution in [0.15, 0.2) is 98.1 Å². The van der Waals surface area contributed by atoms with Crippen LogP contribution in [0, 0.1) is 0 Å². The van der Waals surface area contributed by atoms with Gasteiger partial charge in [0.25, 0.3) is 12.7 Å². The van der Waals surface area contributed by atoms with Crippen molar-refractivity contribution in [2.24, 2.45) is 0 Å². The monoisotopic (exact) mass is 344 g/mol. The molecule has 4 aromatic rings. The van der Waals surface area contributed by atoms with E-state index in [-0.39, 0.29) is 6.03 Å². The Kier molecular flexibility index (Phi) is 4.43. The predicted molar refractivity (Wildman–Crippen MR) is 96.5 cm³/mol. The average Bonchev–Trinajstić information content (AvgIpc) is 3.33. The molecule has 0 aliphatic heterocycles. The summed E-state index contributed by atoms with van der Waals surface area (Å²) >= 11 is 0. The van der Waals surface area contributed by atoms with E-state index in [0.717, 1.165) is 13.1 Å². The molecule has 0 bridgehead atoms. The molecule has 0 saturated heterocycles. The Balaban J connectivity index is 1.46. The highest BCUT2D eigenvalue weighted by atomic mass is 16.2. The number of carbonyl (C=O) groups excluding carboxylic acids is 1. The minimum atomic E-state index is -0.108. The maximum absolute atomic E-state index is 12.7. The zero-order valence-corrected chi connectivity index (χ0v) is 14.3. The quantitative estimate of drug-likeness (QED) is 0.524. The third-order valence-electron chi connectivity index (χ3n) is 4.24. The molecule has 0 spiro atoms. The summed E-state index contributed by atoms with van der Waals surface area (Å²) in [6.45, 7) is 1.47. The number of benzene rings is 2. The number of hydrogen-bond donors (Lipinski definition) is 0. The first-order valence-electron chi connectivity index (χ1n) is 8.54. The van der Waals surface area contributed by atoms with Gasteiger partial charge >= 0.3 is 6.03 Å². The van der Waals surface area contributed by atoms with Gasteiger partial charge in [-0.3, -0.25) is 0 Å². The first-order chi connectivity index (χ1) is 12.8. The topological polar surface area (TPSA) is 34.7 Å². The lowest BCUT2D eigenvalue weighted by molar-refractivity contribution is -0.687. The third kappa shape index (κ3) is 3.62. The van der Waals surface area contributed by atoms with Crippen LogP contribution in [0.1, 0.15) is 11.1 Å². The number of aromatic nitrogens is 4. The van der Waals surface area contributed by atoms with Gasteiger partial charge in [-0.2, -0.15) is 4.79 Å². The molecule has 0 amide bonds. The van der Waals surface area contributed by atoms with Crippen LogP contribution in [0.4, 0.5) is 4.79 Å². The highest BCUT2D eigenvalue weighted by Gasteiger charge is 2.21. The molecule has 0 aliphatic carbocycles. The summed E-state index contributed by atoms with van der Waals surface area (Å²) in [6, 6.07) is 20.3. The lowest BCUT2D eigenvalue weighted by Gasteiger charge is -1.96. The van der Waals surface area contributed by atoms with Gasteiger partial charge in [0, 0.05) is 0 Å². The molecule has 0 atom stereocenters. The Morgan fingerprint density at radius 2 is 1.12 bits per heavy atom. The van der Waals surface area contributed by atoms with E-state index in [9.17, 15) is 4.79 Å². The maximum Gasteiger partial charge on any atom is 0.513 e. The second kappa shape index (κ2) is 7.19. The van der Waals surface area contributed by atoms with Crippen molar-refractivity contribution >= 4 is 6.03 Å². The molecule has 2 aromatic heterocycles. The van der Waals surface area contributed by atoms with Gasteiger partial charge in [-0.05, 0) is 11.1 Å². The standard InChI is InChI=1S/C21H20N4O/c26-21(24-13-11-22(17-24)15-19-7-3-1-4-8-19)25-14-12-23(18-25)16-20-9-5-2-6-10-20/h1-14,17-18H,15-16H2/q+2. The van der Waals surface area contributed by atoms with E-state index in [0.29, 0.717) is 0 Å². The van der Waals surface area contributed by atoms with Gasteiger partial charge in [0.1, 0.15) is 37.9 Å². The van der Waals surface area contributed by atoms with Gasteiger partial charge in [-0.15, -0.1) is 9.13 Å². The zero-order chi connectivity index (χ0) is 17.8. The van der Waals surface area contributed by atoms with Crippen LogP contribution in [0.2, 0.25) is 0 Å². The minimum absolute atomic E-state index is 0.108. The van der Waals surface area contributed by atoms with Crippen molar-refractivity contribution < 1.29 is 13.9 Å². The number of hydrogen-bond acceptors (Lipinski definition) is 1. The molecule has 4 rings (SSSR count). The summed E-state index contributed by atoms with van der Waals surface area (Å²) in [5.74, 6) is 0. The van der Waals surface area contributed by atoms with Gasteiger partial charge in [0.05, 0.1) is 0 Å². The fraction of sp³-hybridized carbons (Fsp3) is 0.0952. The van der Waals surface area contributed by atoms with Crippen molar-refractivity contribution in [2.75, 3.05) is 0 Å². The largest absolute Gasteiger partial charge is 0.513 e. The van der Waals surface area contributed by atoms with Crippen LogP contribution in [0.5, 0.6) is 0 Å². The van der Waals surface area contributed by atoms with E-state index in [1.165, 1.54) is 11.1 Å². The Morgan fingerprint density at radius 3 is 1.54 bits per heavy atom. The first-order valence-corrected chi connectivity index (χ1v) is 8.54. The second-order valence-corrected chi connectivity index (χ2v) is 6.24. The van der Waals surface area contributed by atoms with Crippen LogP contribution in [0.25, 0.3) is 0 Å².